The Morgan fingerprint density at radius 2 is 2.38 bits per heavy atom. The average Bonchev–Trinajstić information content (AvgIpc) is 2.61. The van der Waals surface area contributed by atoms with Gasteiger partial charge in [-0.15, -0.1) is 11.8 Å². The molecular formula is C9H10ClNOS. The van der Waals surface area contributed by atoms with E-state index in [1.807, 2.05) is 6.07 Å². The Balaban J connectivity index is 2.32. The van der Waals surface area contributed by atoms with E-state index in [0.717, 1.165) is 17.9 Å². The van der Waals surface area contributed by atoms with Crippen LogP contribution in [0, 0.1) is 0 Å². The number of thioether (sulfide) groups is 1. The molecule has 0 aromatic heterocycles. The van der Waals surface area contributed by atoms with Crippen LogP contribution in [0.4, 0.5) is 0 Å². The van der Waals surface area contributed by atoms with Gasteiger partial charge in [-0.05, 0) is 18.2 Å². The zero-order chi connectivity index (χ0) is 9.26. The summed E-state index contributed by atoms with van der Waals surface area (Å²) in [5, 5.41) is 13.7. The Morgan fingerprint density at radius 1 is 1.54 bits per heavy atom. The summed E-state index contributed by atoms with van der Waals surface area (Å²) in [6.45, 7) is 0.987. The predicted octanol–water partition coefficient (Wildman–Crippen LogP) is 2.38. The van der Waals surface area contributed by atoms with Crippen LogP contribution in [0.15, 0.2) is 18.2 Å². The largest absolute Gasteiger partial charge is 0.508 e. The summed E-state index contributed by atoms with van der Waals surface area (Å²) < 4.78 is 0. The first-order valence-electron chi connectivity index (χ1n) is 4.11. The normalized spacial score (nSPS) is 22.1. The molecule has 70 valence electrons. The Labute approximate surface area is 86.3 Å². The molecule has 1 aromatic rings. The molecule has 0 radical (unpaired) electrons. The van der Waals surface area contributed by atoms with Crippen molar-refractivity contribution in [2.75, 3.05) is 12.3 Å². The maximum Gasteiger partial charge on any atom is 0.121 e. The van der Waals surface area contributed by atoms with Gasteiger partial charge >= 0.3 is 0 Å². The minimum absolute atomic E-state index is 0.193. The first-order valence-corrected chi connectivity index (χ1v) is 5.53. The summed E-state index contributed by atoms with van der Waals surface area (Å²) in [4.78, 5) is 0. The maximum absolute atomic E-state index is 9.58. The van der Waals surface area contributed by atoms with Gasteiger partial charge < -0.3 is 10.4 Å². The Bertz CT molecular complexity index is 312. The van der Waals surface area contributed by atoms with Crippen molar-refractivity contribution in [1.82, 2.24) is 5.32 Å². The number of hydrogen-bond donors (Lipinski definition) is 2. The standard InChI is InChI=1S/C9H10ClNOS/c10-6-1-2-8(12)7(5-6)9-11-3-4-13-9/h1-2,5,9,11-12H,3-4H2. The molecule has 2 nitrogen and oxygen atoms in total. The minimum Gasteiger partial charge on any atom is -0.508 e. The third-order valence-corrected chi connectivity index (χ3v) is 3.42. The molecule has 0 saturated carbocycles. The zero-order valence-electron chi connectivity index (χ0n) is 6.96. The van der Waals surface area contributed by atoms with Crippen LogP contribution in [0.25, 0.3) is 0 Å². The van der Waals surface area contributed by atoms with Gasteiger partial charge in [0.05, 0.1) is 5.37 Å². The van der Waals surface area contributed by atoms with Crippen molar-refractivity contribution in [2.24, 2.45) is 0 Å². The molecule has 13 heavy (non-hydrogen) atoms. The summed E-state index contributed by atoms with van der Waals surface area (Å²) in [7, 11) is 0. The fourth-order valence-electron chi connectivity index (χ4n) is 1.36. The van der Waals surface area contributed by atoms with Gasteiger partial charge in [-0.25, -0.2) is 0 Å². The zero-order valence-corrected chi connectivity index (χ0v) is 8.53. The van der Waals surface area contributed by atoms with Crippen molar-refractivity contribution in [3.8, 4) is 5.75 Å². The highest BCUT2D eigenvalue weighted by molar-refractivity contribution is 7.99. The van der Waals surface area contributed by atoms with Crippen LogP contribution in [0.3, 0.4) is 0 Å². The third-order valence-electron chi connectivity index (χ3n) is 1.99. The maximum atomic E-state index is 9.58. The Morgan fingerprint density at radius 3 is 3.08 bits per heavy atom. The summed E-state index contributed by atoms with van der Waals surface area (Å²) in [6, 6.07) is 5.14. The van der Waals surface area contributed by atoms with Crippen LogP contribution in [0.2, 0.25) is 5.02 Å². The number of rotatable bonds is 1. The molecule has 1 aromatic carbocycles. The highest BCUT2D eigenvalue weighted by atomic mass is 35.5. The van der Waals surface area contributed by atoms with Gasteiger partial charge in [0.2, 0.25) is 0 Å². The smallest absolute Gasteiger partial charge is 0.121 e. The quantitative estimate of drug-likeness (QED) is 0.755. The molecule has 2 rings (SSSR count). The Hall–Kier alpha value is -0.380. The molecule has 1 atom stereocenters. The molecule has 1 fully saturated rings. The number of halogens is 1. The molecule has 0 bridgehead atoms. The molecule has 0 amide bonds. The van der Waals surface area contributed by atoms with E-state index in [4.69, 9.17) is 11.6 Å². The van der Waals surface area contributed by atoms with Gasteiger partial charge in [-0.3, -0.25) is 0 Å². The molecule has 1 heterocycles. The van der Waals surface area contributed by atoms with Crippen molar-refractivity contribution < 1.29 is 5.11 Å². The van der Waals surface area contributed by atoms with Gasteiger partial charge in [0, 0.05) is 22.9 Å². The van der Waals surface area contributed by atoms with E-state index in [-0.39, 0.29) is 5.37 Å². The molecular weight excluding hydrogens is 206 g/mol. The first-order chi connectivity index (χ1) is 6.27. The number of nitrogens with one attached hydrogen (secondary N) is 1. The van der Waals surface area contributed by atoms with E-state index < -0.39 is 0 Å². The van der Waals surface area contributed by atoms with E-state index in [9.17, 15) is 5.11 Å². The lowest BCUT2D eigenvalue weighted by molar-refractivity contribution is 0.465. The van der Waals surface area contributed by atoms with E-state index in [1.54, 1.807) is 23.9 Å². The van der Waals surface area contributed by atoms with Gasteiger partial charge in [0.15, 0.2) is 0 Å². The molecule has 1 unspecified atom stereocenters. The van der Waals surface area contributed by atoms with Gasteiger partial charge in [0.1, 0.15) is 5.75 Å². The van der Waals surface area contributed by atoms with E-state index in [0.29, 0.717) is 10.8 Å². The monoisotopic (exact) mass is 215 g/mol. The van der Waals surface area contributed by atoms with Gasteiger partial charge in [-0.2, -0.15) is 0 Å². The number of phenols is 1. The van der Waals surface area contributed by atoms with Crippen LogP contribution < -0.4 is 5.32 Å². The number of phenolic OH excluding ortho intramolecular Hbond substituents is 1. The van der Waals surface area contributed by atoms with Crippen molar-refractivity contribution in [1.29, 1.82) is 0 Å². The lowest BCUT2D eigenvalue weighted by atomic mass is 10.2. The first kappa shape index (κ1) is 9.19. The van der Waals surface area contributed by atoms with Crippen LogP contribution in [0.1, 0.15) is 10.9 Å². The number of benzene rings is 1. The number of aromatic hydroxyl groups is 1. The third kappa shape index (κ3) is 1.93. The second-order valence-electron chi connectivity index (χ2n) is 2.91. The summed E-state index contributed by atoms with van der Waals surface area (Å²) in [5.74, 6) is 1.40. The SMILES string of the molecule is Oc1ccc(Cl)cc1C1NCCS1. The van der Waals surface area contributed by atoms with E-state index >= 15 is 0 Å². The highest BCUT2D eigenvalue weighted by Crippen LogP contribution is 2.36. The second-order valence-corrected chi connectivity index (χ2v) is 4.56. The summed E-state index contributed by atoms with van der Waals surface area (Å²) in [6.07, 6.45) is 0. The molecule has 2 N–H and O–H groups in total. The van der Waals surface area contributed by atoms with Crippen LogP contribution >= 0.6 is 23.4 Å². The molecule has 4 heteroatoms. The Kier molecular flexibility index (Phi) is 2.67. The predicted molar refractivity (Wildman–Crippen MR) is 56.3 cm³/mol. The van der Waals surface area contributed by atoms with Crippen molar-refractivity contribution in [3.63, 3.8) is 0 Å². The van der Waals surface area contributed by atoms with Gasteiger partial charge in [0.25, 0.3) is 0 Å². The van der Waals surface area contributed by atoms with Gasteiger partial charge in [-0.1, -0.05) is 11.6 Å². The molecule has 1 saturated heterocycles. The second kappa shape index (κ2) is 3.78. The van der Waals surface area contributed by atoms with Crippen molar-refractivity contribution in [2.45, 2.75) is 5.37 Å². The lowest BCUT2D eigenvalue weighted by Gasteiger charge is -2.11. The van der Waals surface area contributed by atoms with Crippen molar-refractivity contribution >= 4 is 23.4 Å². The molecule has 0 aliphatic carbocycles. The molecule has 1 aliphatic heterocycles. The minimum atomic E-state index is 0.193. The summed E-state index contributed by atoms with van der Waals surface area (Å²) in [5.41, 5.74) is 0.884. The van der Waals surface area contributed by atoms with Crippen LogP contribution in [-0.2, 0) is 0 Å². The fourth-order valence-corrected chi connectivity index (χ4v) is 2.62. The van der Waals surface area contributed by atoms with E-state index in [1.165, 1.54) is 0 Å². The lowest BCUT2D eigenvalue weighted by Crippen LogP contribution is -2.12. The fraction of sp³-hybridized carbons (Fsp3) is 0.333. The van der Waals surface area contributed by atoms with E-state index in [2.05, 4.69) is 5.32 Å². The molecule has 0 spiro atoms. The average molecular weight is 216 g/mol. The van der Waals surface area contributed by atoms with Crippen LogP contribution in [-0.4, -0.2) is 17.4 Å². The topological polar surface area (TPSA) is 32.3 Å². The highest BCUT2D eigenvalue weighted by Gasteiger charge is 2.19. The van der Waals surface area contributed by atoms with Crippen molar-refractivity contribution in [3.05, 3.63) is 28.8 Å². The summed E-state index contributed by atoms with van der Waals surface area (Å²) >= 11 is 7.64. The molecule has 1 aliphatic rings. The van der Waals surface area contributed by atoms with Crippen LogP contribution in [0.5, 0.6) is 5.75 Å². The number of hydrogen-bond acceptors (Lipinski definition) is 3.